The number of carbonyl (C=O) groups is 1. The van der Waals surface area contributed by atoms with Gasteiger partial charge in [-0.15, -0.1) is 10.2 Å². The van der Waals surface area contributed by atoms with Crippen LogP contribution in [0, 0.1) is 0 Å². The molecule has 0 fully saturated rings. The summed E-state index contributed by atoms with van der Waals surface area (Å²) in [6.07, 6.45) is 4.49. The minimum Gasteiger partial charge on any atom is -0.322 e. The average molecular weight is 494 g/mol. The van der Waals surface area contributed by atoms with Crippen molar-refractivity contribution in [3.8, 4) is 22.6 Å². The third-order valence-electron chi connectivity index (χ3n) is 6.62. The molecule has 3 aromatic carbocycles. The van der Waals surface area contributed by atoms with E-state index in [2.05, 4.69) is 20.1 Å². The predicted molar refractivity (Wildman–Crippen MR) is 143 cm³/mol. The van der Waals surface area contributed by atoms with Gasteiger partial charge in [-0.3, -0.25) is 4.79 Å². The lowest BCUT2D eigenvalue weighted by Gasteiger charge is -2.12. The van der Waals surface area contributed by atoms with E-state index in [0.717, 1.165) is 59.5 Å². The van der Waals surface area contributed by atoms with Gasteiger partial charge >= 0.3 is 0 Å². The molecule has 1 aliphatic rings. The van der Waals surface area contributed by atoms with Gasteiger partial charge < -0.3 is 9.88 Å². The molecule has 0 atom stereocenters. The molecule has 1 aliphatic heterocycles. The Labute approximate surface area is 214 Å². The van der Waals surface area contributed by atoms with E-state index in [-0.39, 0.29) is 5.91 Å². The lowest BCUT2D eigenvalue weighted by molar-refractivity contribution is 0.102. The summed E-state index contributed by atoms with van der Waals surface area (Å²) in [7, 11) is 0. The van der Waals surface area contributed by atoms with Crippen molar-refractivity contribution < 1.29 is 4.79 Å². The van der Waals surface area contributed by atoms with Crippen LogP contribution >= 0.6 is 11.6 Å². The number of aryl methyl sites for hydroxylation is 1. The van der Waals surface area contributed by atoms with Crippen LogP contribution in [-0.4, -0.2) is 25.7 Å². The largest absolute Gasteiger partial charge is 0.322 e. The monoisotopic (exact) mass is 493 g/mol. The van der Waals surface area contributed by atoms with Gasteiger partial charge in [0.2, 0.25) is 0 Å². The van der Waals surface area contributed by atoms with Gasteiger partial charge in [-0.2, -0.15) is 0 Å². The number of aromatic nitrogens is 4. The summed E-state index contributed by atoms with van der Waals surface area (Å²) in [5.41, 5.74) is 4.43. The molecule has 6 nitrogen and oxygen atoms in total. The van der Waals surface area contributed by atoms with Crippen molar-refractivity contribution in [2.75, 3.05) is 5.32 Å². The van der Waals surface area contributed by atoms with E-state index in [1.54, 1.807) is 6.07 Å². The molecule has 0 aliphatic carbocycles. The normalized spacial score (nSPS) is 13.2. The molecule has 2 aromatic heterocycles. The van der Waals surface area contributed by atoms with E-state index in [4.69, 9.17) is 16.6 Å². The van der Waals surface area contributed by atoms with Crippen LogP contribution in [0.2, 0.25) is 5.02 Å². The van der Waals surface area contributed by atoms with Crippen LogP contribution in [0.3, 0.4) is 0 Å². The van der Waals surface area contributed by atoms with Crippen molar-refractivity contribution in [1.29, 1.82) is 0 Å². The van der Waals surface area contributed by atoms with Crippen molar-refractivity contribution in [1.82, 2.24) is 19.7 Å². The first-order chi connectivity index (χ1) is 17.7. The second-order valence-electron chi connectivity index (χ2n) is 8.99. The molecule has 7 heteroatoms. The highest BCUT2D eigenvalue weighted by Gasteiger charge is 2.18. The van der Waals surface area contributed by atoms with Crippen LogP contribution in [0.25, 0.3) is 33.5 Å². The maximum atomic E-state index is 13.4. The highest BCUT2D eigenvalue weighted by Crippen LogP contribution is 2.30. The number of hydrogen-bond donors (Lipinski definition) is 1. The third-order valence-corrected chi connectivity index (χ3v) is 6.95. The highest BCUT2D eigenvalue weighted by molar-refractivity contribution is 6.33. The van der Waals surface area contributed by atoms with Crippen molar-refractivity contribution in [3.63, 3.8) is 0 Å². The Balaban J connectivity index is 1.31. The number of hydrogen-bond acceptors (Lipinski definition) is 4. The fraction of sp³-hybridized carbons (Fsp3) is 0.172. The lowest BCUT2D eigenvalue weighted by atomic mass is 10.0. The van der Waals surface area contributed by atoms with E-state index in [9.17, 15) is 4.79 Å². The van der Waals surface area contributed by atoms with E-state index < -0.39 is 0 Å². The zero-order valence-corrected chi connectivity index (χ0v) is 20.4. The summed E-state index contributed by atoms with van der Waals surface area (Å²) in [5.74, 6) is 1.74. The Morgan fingerprint density at radius 1 is 0.889 bits per heavy atom. The summed E-state index contributed by atoms with van der Waals surface area (Å²) in [6, 6.07) is 24.7. The molecule has 178 valence electrons. The van der Waals surface area contributed by atoms with Crippen LogP contribution in [0.5, 0.6) is 0 Å². The van der Waals surface area contributed by atoms with Crippen LogP contribution in [0.15, 0.2) is 78.9 Å². The quantitative estimate of drug-likeness (QED) is 0.299. The highest BCUT2D eigenvalue weighted by atomic mass is 35.5. The van der Waals surface area contributed by atoms with Crippen molar-refractivity contribution in [2.24, 2.45) is 0 Å². The van der Waals surface area contributed by atoms with E-state index in [1.165, 1.54) is 6.42 Å². The molecular weight excluding hydrogens is 470 g/mol. The molecule has 1 amide bonds. The number of halogens is 1. The van der Waals surface area contributed by atoms with Gasteiger partial charge in [0, 0.05) is 40.2 Å². The Hall–Kier alpha value is -4.03. The fourth-order valence-electron chi connectivity index (χ4n) is 4.77. The Kier molecular flexibility index (Phi) is 5.95. The summed E-state index contributed by atoms with van der Waals surface area (Å²) in [6.45, 7) is 0.943. The molecule has 1 N–H and O–H groups in total. The minimum absolute atomic E-state index is 0.203. The van der Waals surface area contributed by atoms with E-state index in [1.807, 2.05) is 72.8 Å². The number of nitrogens with zero attached hydrogens (tertiary/aromatic N) is 4. The number of fused-ring (bicyclic) bond motifs is 2. The summed E-state index contributed by atoms with van der Waals surface area (Å²) >= 11 is 6.43. The Morgan fingerprint density at radius 3 is 2.56 bits per heavy atom. The second kappa shape index (κ2) is 9.55. The lowest BCUT2D eigenvalue weighted by Crippen LogP contribution is -2.13. The van der Waals surface area contributed by atoms with Gasteiger partial charge in [0.05, 0.1) is 16.8 Å². The maximum Gasteiger partial charge on any atom is 0.256 e. The molecule has 0 saturated carbocycles. The molecule has 0 bridgehead atoms. The van der Waals surface area contributed by atoms with Crippen LogP contribution < -0.4 is 5.32 Å². The molecule has 3 heterocycles. The van der Waals surface area contributed by atoms with Crippen molar-refractivity contribution in [2.45, 2.75) is 32.2 Å². The van der Waals surface area contributed by atoms with Gasteiger partial charge in [-0.25, -0.2) is 4.98 Å². The van der Waals surface area contributed by atoms with E-state index in [0.29, 0.717) is 22.0 Å². The SMILES string of the molecule is O=C(Nc1ccc(-c2nnc3n2CCCCC3)cc1)c1cc(-c2ccccc2Cl)nc2ccccc12. The zero-order valence-electron chi connectivity index (χ0n) is 19.6. The van der Waals surface area contributed by atoms with Gasteiger partial charge in [-0.1, -0.05) is 54.4 Å². The van der Waals surface area contributed by atoms with Crippen LogP contribution in [0.4, 0.5) is 5.69 Å². The van der Waals surface area contributed by atoms with Gasteiger partial charge in [0.1, 0.15) is 5.82 Å². The molecule has 6 rings (SSSR count). The molecule has 0 spiro atoms. The fourth-order valence-corrected chi connectivity index (χ4v) is 5.00. The third kappa shape index (κ3) is 4.25. The topological polar surface area (TPSA) is 72.7 Å². The molecule has 0 saturated heterocycles. The number of carbonyl (C=O) groups excluding carboxylic acids is 1. The first kappa shape index (κ1) is 22.4. The second-order valence-corrected chi connectivity index (χ2v) is 9.39. The minimum atomic E-state index is -0.203. The summed E-state index contributed by atoms with van der Waals surface area (Å²) in [4.78, 5) is 18.2. The molecular formula is C29H24ClN5O. The zero-order chi connectivity index (χ0) is 24.5. The van der Waals surface area contributed by atoms with Crippen LogP contribution in [0.1, 0.15) is 35.4 Å². The molecule has 5 aromatic rings. The van der Waals surface area contributed by atoms with Crippen LogP contribution in [-0.2, 0) is 13.0 Å². The molecule has 36 heavy (non-hydrogen) atoms. The Morgan fingerprint density at radius 2 is 1.69 bits per heavy atom. The number of amides is 1. The number of pyridine rings is 1. The van der Waals surface area contributed by atoms with Crippen molar-refractivity contribution >= 4 is 34.1 Å². The summed E-state index contributed by atoms with van der Waals surface area (Å²) < 4.78 is 2.22. The number of para-hydroxylation sites is 1. The average Bonchev–Trinajstić information content (AvgIpc) is 3.16. The first-order valence-electron chi connectivity index (χ1n) is 12.2. The van der Waals surface area contributed by atoms with Crippen molar-refractivity contribution in [3.05, 3.63) is 95.3 Å². The number of benzene rings is 3. The van der Waals surface area contributed by atoms with Gasteiger partial charge in [-0.05, 0) is 55.3 Å². The Bertz CT molecular complexity index is 1570. The number of nitrogens with one attached hydrogen (secondary N) is 1. The number of anilines is 1. The van der Waals surface area contributed by atoms with Gasteiger partial charge in [0.15, 0.2) is 5.82 Å². The maximum absolute atomic E-state index is 13.4. The number of rotatable bonds is 4. The first-order valence-corrected chi connectivity index (χ1v) is 12.5. The summed E-state index contributed by atoms with van der Waals surface area (Å²) in [5, 5.41) is 13.3. The standard InChI is InChI=1S/C29H24ClN5O/c30-24-10-5-3-9-22(24)26-18-23(21-8-4-6-11-25(21)32-26)29(36)31-20-15-13-19(14-16-20)28-34-33-27-12-2-1-7-17-35(27)28/h3-6,8-11,13-16,18H,1-2,7,12,17H2,(H,31,36). The van der Waals surface area contributed by atoms with Gasteiger partial charge in [0.25, 0.3) is 5.91 Å². The molecule has 0 radical (unpaired) electrons. The predicted octanol–water partition coefficient (Wildman–Crippen LogP) is 6.79. The smallest absolute Gasteiger partial charge is 0.256 e. The molecule has 0 unspecified atom stereocenters. The van der Waals surface area contributed by atoms with E-state index >= 15 is 0 Å².